The van der Waals surface area contributed by atoms with E-state index in [0.717, 1.165) is 22.2 Å². The van der Waals surface area contributed by atoms with Crippen LogP contribution in [0.15, 0.2) is 47.1 Å². The van der Waals surface area contributed by atoms with Gasteiger partial charge in [-0.15, -0.1) is 11.3 Å². The van der Waals surface area contributed by atoms with E-state index in [-0.39, 0.29) is 12.2 Å². The molecule has 5 N–H and O–H groups in total. The Hall–Kier alpha value is -3.20. The van der Waals surface area contributed by atoms with Crippen molar-refractivity contribution in [2.45, 2.75) is 31.7 Å². The maximum atomic E-state index is 13.2. The Morgan fingerprint density at radius 3 is 2.68 bits per heavy atom. The number of halogens is 3. The van der Waals surface area contributed by atoms with Gasteiger partial charge in [0.1, 0.15) is 11.8 Å². The fraction of sp³-hybridized carbons (Fsp3) is 0.250. The Morgan fingerprint density at radius 2 is 2.10 bits per heavy atom. The van der Waals surface area contributed by atoms with Crippen LogP contribution >= 0.6 is 11.3 Å². The minimum Gasteiger partial charge on any atom is -0.398 e. The third-order valence-corrected chi connectivity index (χ3v) is 5.41. The van der Waals surface area contributed by atoms with E-state index in [1.165, 1.54) is 18.3 Å². The highest BCUT2D eigenvalue weighted by molar-refractivity contribution is 7.07. The molecule has 0 bridgehead atoms. The third-order valence-electron chi connectivity index (χ3n) is 4.83. The molecule has 0 aliphatic heterocycles. The fourth-order valence-corrected chi connectivity index (χ4v) is 3.65. The lowest BCUT2D eigenvalue weighted by molar-refractivity contribution is -0.245. The third kappa shape index (κ3) is 4.46. The molecule has 1 unspecified atom stereocenters. The van der Waals surface area contributed by atoms with Gasteiger partial charge in [0.15, 0.2) is 0 Å². The van der Waals surface area contributed by atoms with Crippen LogP contribution in [-0.4, -0.2) is 31.9 Å². The number of fused-ring (bicyclic) bond motifs is 1. The van der Waals surface area contributed by atoms with E-state index in [0.29, 0.717) is 16.8 Å². The molecule has 0 saturated heterocycles. The van der Waals surface area contributed by atoms with E-state index in [9.17, 15) is 23.5 Å². The lowest BCUT2D eigenvalue weighted by Gasteiger charge is -2.30. The van der Waals surface area contributed by atoms with E-state index in [2.05, 4.69) is 9.97 Å². The number of aromatic nitrogens is 2. The number of nitriles is 1. The Morgan fingerprint density at radius 1 is 1.35 bits per heavy atom. The first-order valence-electron chi connectivity index (χ1n) is 9.09. The van der Waals surface area contributed by atoms with Crippen LogP contribution < -0.4 is 11.6 Å². The van der Waals surface area contributed by atoms with Gasteiger partial charge < -0.3 is 15.8 Å². The van der Waals surface area contributed by atoms with Crippen LogP contribution in [-0.2, 0) is 6.54 Å². The second-order valence-corrected chi connectivity index (χ2v) is 7.58. The summed E-state index contributed by atoms with van der Waals surface area (Å²) < 4.78 is 39.5. The summed E-state index contributed by atoms with van der Waals surface area (Å²) in [5, 5.41) is 22.8. The number of alkyl halides is 3. The summed E-state index contributed by atoms with van der Waals surface area (Å²) in [5.41, 5.74) is 6.05. The molecule has 7 nitrogen and oxygen atoms in total. The first-order chi connectivity index (χ1) is 14.6. The van der Waals surface area contributed by atoms with Crippen LogP contribution in [0, 0.1) is 11.3 Å². The average Bonchev–Trinajstić information content (AvgIpc) is 3.25. The van der Waals surface area contributed by atoms with E-state index in [1.807, 2.05) is 11.4 Å². The van der Waals surface area contributed by atoms with Gasteiger partial charge in [0, 0.05) is 22.5 Å². The van der Waals surface area contributed by atoms with Gasteiger partial charge in [-0.05, 0) is 24.1 Å². The topological polar surface area (TPSA) is 125 Å². The smallest absolute Gasteiger partial charge is 0.398 e. The fourth-order valence-electron chi connectivity index (χ4n) is 3.10. The summed E-state index contributed by atoms with van der Waals surface area (Å²) in [4.78, 5) is 8.59. The lowest BCUT2D eigenvalue weighted by atomic mass is 9.96. The van der Waals surface area contributed by atoms with E-state index in [4.69, 9.17) is 11.6 Å². The van der Waals surface area contributed by atoms with Crippen LogP contribution in [0.3, 0.4) is 0 Å². The summed E-state index contributed by atoms with van der Waals surface area (Å²) in [5.74, 6) is 5.83. The Bertz CT molecular complexity index is 1160. The van der Waals surface area contributed by atoms with Crippen molar-refractivity contribution in [3.05, 3.63) is 58.3 Å². The number of nitrogens with two attached hydrogens (primary N) is 2. The normalized spacial score (nSPS) is 14.3. The van der Waals surface area contributed by atoms with Gasteiger partial charge in [0.05, 0.1) is 29.0 Å². The molecule has 31 heavy (non-hydrogen) atoms. The van der Waals surface area contributed by atoms with Crippen LogP contribution in [0.2, 0.25) is 0 Å². The van der Waals surface area contributed by atoms with Crippen molar-refractivity contribution in [2.24, 2.45) is 11.6 Å². The summed E-state index contributed by atoms with van der Waals surface area (Å²) in [7, 11) is 0. The Labute approximate surface area is 180 Å². The van der Waals surface area contributed by atoms with Crippen molar-refractivity contribution in [1.82, 2.24) is 15.0 Å². The van der Waals surface area contributed by atoms with Crippen molar-refractivity contribution >= 4 is 22.2 Å². The van der Waals surface area contributed by atoms with E-state index >= 15 is 0 Å². The van der Waals surface area contributed by atoms with Gasteiger partial charge in [0.25, 0.3) is 0 Å². The molecule has 3 aromatic rings. The molecule has 1 aromatic carbocycles. The minimum atomic E-state index is -4.93. The number of hydrogen-bond donors (Lipinski definition) is 3. The average molecular weight is 448 g/mol. The SMILES string of the molecule is CCC(O)(/C(N)=C/N(N)Cc1ccc2c(-c3cscn3)cc(C#N)nc2c1)C(F)(F)F. The molecule has 0 fully saturated rings. The molecular weight excluding hydrogens is 429 g/mol. The summed E-state index contributed by atoms with van der Waals surface area (Å²) >= 11 is 1.42. The Kier molecular flexibility index (Phi) is 6.17. The van der Waals surface area contributed by atoms with Crippen molar-refractivity contribution in [2.75, 3.05) is 0 Å². The van der Waals surface area contributed by atoms with E-state index in [1.54, 1.807) is 29.8 Å². The number of aliphatic hydroxyl groups is 1. The molecule has 1 atom stereocenters. The molecule has 0 spiro atoms. The number of thiazole rings is 1. The van der Waals surface area contributed by atoms with Crippen molar-refractivity contribution in [1.29, 1.82) is 5.26 Å². The van der Waals surface area contributed by atoms with Crippen LogP contribution in [0.5, 0.6) is 0 Å². The van der Waals surface area contributed by atoms with Crippen LogP contribution in [0.4, 0.5) is 13.2 Å². The highest BCUT2D eigenvalue weighted by atomic mass is 32.1. The number of hydrogen-bond acceptors (Lipinski definition) is 8. The highest BCUT2D eigenvalue weighted by Gasteiger charge is 2.54. The predicted molar refractivity (Wildman–Crippen MR) is 111 cm³/mol. The maximum absolute atomic E-state index is 13.2. The van der Waals surface area contributed by atoms with Crippen LogP contribution in [0.25, 0.3) is 22.2 Å². The number of benzene rings is 1. The lowest BCUT2D eigenvalue weighted by Crippen LogP contribution is -2.49. The summed E-state index contributed by atoms with van der Waals surface area (Å²) in [6, 6.07) is 8.88. The molecule has 3 rings (SSSR count). The predicted octanol–water partition coefficient (Wildman–Crippen LogP) is 3.41. The first-order valence-corrected chi connectivity index (χ1v) is 10.0. The number of nitrogens with zero attached hydrogens (tertiary/aromatic N) is 4. The quantitative estimate of drug-likeness (QED) is 0.390. The molecule has 0 aliphatic carbocycles. The monoisotopic (exact) mass is 448 g/mol. The maximum Gasteiger partial charge on any atom is 0.422 e. The number of hydrazine groups is 1. The molecule has 0 saturated carbocycles. The van der Waals surface area contributed by atoms with Gasteiger partial charge >= 0.3 is 6.18 Å². The van der Waals surface area contributed by atoms with Gasteiger partial charge in [0.2, 0.25) is 5.60 Å². The second kappa shape index (κ2) is 8.50. The zero-order valence-electron chi connectivity index (χ0n) is 16.4. The first kappa shape index (κ1) is 22.5. The van der Waals surface area contributed by atoms with Gasteiger partial charge in [-0.25, -0.2) is 15.8 Å². The molecular formula is C20H19F3N6OS. The molecule has 2 aromatic heterocycles. The van der Waals surface area contributed by atoms with Crippen LogP contribution in [0.1, 0.15) is 24.6 Å². The second-order valence-electron chi connectivity index (χ2n) is 6.86. The molecule has 0 amide bonds. The zero-order chi connectivity index (χ0) is 22.8. The molecule has 11 heteroatoms. The van der Waals surface area contributed by atoms with Crippen molar-refractivity contribution < 1.29 is 18.3 Å². The Balaban J connectivity index is 1.93. The minimum absolute atomic E-state index is 0.00120. The molecule has 162 valence electrons. The van der Waals surface area contributed by atoms with Crippen molar-refractivity contribution in [3.8, 4) is 17.3 Å². The summed E-state index contributed by atoms with van der Waals surface area (Å²) in [6.07, 6.45) is -4.72. The molecule has 2 heterocycles. The van der Waals surface area contributed by atoms with Gasteiger partial charge in [-0.1, -0.05) is 19.1 Å². The number of rotatable bonds is 6. The summed E-state index contributed by atoms with van der Waals surface area (Å²) in [6.45, 7) is 1.18. The van der Waals surface area contributed by atoms with Gasteiger partial charge in [-0.2, -0.15) is 18.4 Å². The van der Waals surface area contributed by atoms with Gasteiger partial charge in [-0.3, -0.25) is 0 Å². The highest BCUT2D eigenvalue weighted by Crippen LogP contribution is 2.37. The molecule has 0 radical (unpaired) electrons. The molecule has 0 aliphatic rings. The largest absolute Gasteiger partial charge is 0.422 e. The standard InChI is InChI=1S/C20H19F3N6OS/c1-2-19(30,20(21,22)23)18(25)9-29(26)8-12-3-4-14-15(17-10-31-11-27-17)6-13(7-24)28-16(14)5-12/h3-6,9-11,30H,2,8,25-26H2,1H3/b18-9-. The van der Waals surface area contributed by atoms with Crippen molar-refractivity contribution in [3.63, 3.8) is 0 Å². The van der Waals surface area contributed by atoms with E-state index < -0.39 is 23.9 Å². The zero-order valence-corrected chi connectivity index (χ0v) is 17.2. The number of pyridine rings is 1.